The van der Waals surface area contributed by atoms with Crippen molar-refractivity contribution in [1.29, 1.82) is 0 Å². The van der Waals surface area contributed by atoms with E-state index in [1.807, 2.05) is 19.1 Å². The standard InChI is InChI=1S/C10H11BrN2O2/c1-2-7-5-8(11)3-4-9(7)13-10(14)6-12-15/h3-6,15H,2H2,1H3,(H,13,14)/b12-6-. The zero-order valence-corrected chi connectivity index (χ0v) is 9.78. The van der Waals surface area contributed by atoms with Gasteiger partial charge < -0.3 is 10.5 Å². The molecule has 0 aliphatic rings. The summed E-state index contributed by atoms with van der Waals surface area (Å²) in [7, 11) is 0. The molecule has 0 fully saturated rings. The van der Waals surface area contributed by atoms with E-state index in [9.17, 15) is 4.79 Å². The lowest BCUT2D eigenvalue weighted by Gasteiger charge is -2.08. The summed E-state index contributed by atoms with van der Waals surface area (Å²) in [5.74, 6) is -0.450. The Labute approximate surface area is 96.1 Å². The van der Waals surface area contributed by atoms with Gasteiger partial charge in [0.1, 0.15) is 6.21 Å². The number of carbonyl (C=O) groups is 1. The van der Waals surface area contributed by atoms with E-state index >= 15 is 0 Å². The van der Waals surface area contributed by atoms with Crippen molar-refractivity contribution in [2.45, 2.75) is 13.3 Å². The molecule has 0 unspecified atom stereocenters. The number of nitrogens with one attached hydrogen (secondary N) is 1. The number of oxime groups is 1. The van der Waals surface area contributed by atoms with E-state index in [2.05, 4.69) is 26.4 Å². The van der Waals surface area contributed by atoms with Crippen molar-refractivity contribution in [3.63, 3.8) is 0 Å². The minimum atomic E-state index is -0.450. The molecule has 4 nitrogen and oxygen atoms in total. The number of nitrogens with zero attached hydrogens (tertiary/aromatic N) is 1. The molecule has 0 aliphatic carbocycles. The summed E-state index contributed by atoms with van der Waals surface area (Å²) in [6.45, 7) is 2.00. The number of hydrogen-bond acceptors (Lipinski definition) is 3. The molecule has 15 heavy (non-hydrogen) atoms. The van der Waals surface area contributed by atoms with Gasteiger partial charge in [-0.1, -0.05) is 28.0 Å². The van der Waals surface area contributed by atoms with Crippen LogP contribution in [0.4, 0.5) is 5.69 Å². The zero-order valence-electron chi connectivity index (χ0n) is 8.20. The molecule has 0 saturated carbocycles. The van der Waals surface area contributed by atoms with Crippen molar-refractivity contribution >= 4 is 33.7 Å². The van der Waals surface area contributed by atoms with Crippen molar-refractivity contribution in [1.82, 2.24) is 0 Å². The third-order valence-electron chi connectivity index (χ3n) is 1.88. The van der Waals surface area contributed by atoms with Gasteiger partial charge in [0, 0.05) is 10.2 Å². The van der Waals surface area contributed by atoms with Crippen LogP contribution in [-0.2, 0) is 11.2 Å². The van der Waals surface area contributed by atoms with Gasteiger partial charge in [-0.3, -0.25) is 4.79 Å². The van der Waals surface area contributed by atoms with Crippen molar-refractivity contribution in [3.8, 4) is 0 Å². The smallest absolute Gasteiger partial charge is 0.270 e. The van der Waals surface area contributed by atoms with Crippen LogP contribution < -0.4 is 5.32 Å². The fourth-order valence-corrected chi connectivity index (χ4v) is 1.60. The van der Waals surface area contributed by atoms with Crippen LogP contribution in [0.25, 0.3) is 0 Å². The maximum absolute atomic E-state index is 11.1. The van der Waals surface area contributed by atoms with Crippen molar-refractivity contribution in [2.24, 2.45) is 5.16 Å². The Morgan fingerprint density at radius 3 is 3.00 bits per heavy atom. The monoisotopic (exact) mass is 270 g/mol. The molecule has 1 aromatic rings. The Morgan fingerprint density at radius 2 is 2.40 bits per heavy atom. The molecule has 1 rings (SSSR count). The summed E-state index contributed by atoms with van der Waals surface area (Å²) in [6.07, 6.45) is 1.63. The maximum Gasteiger partial charge on any atom is 0.270 e. The second kappa shape index (κ2) is 5.50. The molecule has 2 N–H and O–H groups in total. The summed E-state index contributed by atoms with van der Waals surface area (Å²) >= 11 is 3.36. The highest BCUT2D eigenvalue weighted by molar-refractivity contribution is 9.10. The minimum absolute atomic E-state index is 0.450. The van der Waals surface area contributed by atoms with Gasteiger partial charge in [0.05, 0.1) is 0 Å². The summed E-state index contributed by atoms with van der Waals surface area (Å²) in [4.78, 5) is 11.1. The van der Waals surface area contributed by atoms with Gasteiger partial charge in [0.15, 0.2) is 0 Å². The van der Waals surface area contributed by atoms with Crippen molar-refractivity contribution in [2.75, 3.05) is 5.32 Å². The van der Waals surface area contributed by atoms with Gasteiger partial charge in [-0.05, 0) is 30.2 Å². The van der Waals surface area contributed by atoms with E-state index in [0.29, 0.717) is 0 Å². The van der Waals surface area contributed by atoms with E-state index in [1.54, 1.807) is 6.07 Å². The Bertz CT molecular complexity index is 391. The number of rotatable bonds is 3. The van der Waals surface area contributed by atoms with Crippen LogP contribution >= 0.6 is 15.9 Å². The molecule has 0 radical (unpaired) electrons. The Balaban J connectivity index is 2.89. The maximum atomic E-state index is 11.1. The predicted octanol–water partition coefficient (Wildman–Crippen LogP) is 2.41. The Kier molecular flexibility index (Phi) is 4.30. The van der Waals surface area contributed by atoms with Crippen LogP contribution in [0.2, 0.25) is 0 Å². The van der Waals surface area contributed by atoms with Crippen LogP contribution in [-0.4, -0.2) is 17.3 Å². The van der Waals surface area contributed by atoms with Crippen LogP contribution in [0.5, 0.6) is 0 Å². The first-order valence-corrected chi connectivity index (χ1v) is 5.23. The topological polar surface area (TPSA) is 61.7 Å². The summed E-state index contributed by atoms with van der Waals surface area (Å²) in [5, 5.41) is 13.5. The lowest BCUT2D eigenvalue weighted by Crippen LogP contribution is -2.13. The first-order valence-electron chi connectivity index (χ1n) is 4.44. The minimum Gasteiger partial charge on any atom is -0.411 e. The fraction of sp³-hybridized carbons (Fsp3) is 0.200. The molecule has 1 amide bonds. The predicted molar refractivity (Wildman–Crippen MR) is 62.4 cm³/mol. The molecule has 0 atom stereocenters. The molecule has 1 aromatic carbocycles. The van der Waals surface area contributed by atoms with E-state index in [4.69, 9.17) is 5.21 Å². The second-order valence-electron chi connectivity index (χ2n) is 2.89. The SMILES string of the molecule is CCc1cc(Br)ccc1NC(=O)/C=N\O. The molecule has 0 spiro atoms. The highest BCUT2D eigenvalue weighted by Crippen LogP contribution is 2.21. The third-order valence-corrected chi connectivity index (χ3v) is 2.37. The fourth-order valence-electron chi connectivity index (χ4n) is 1.19. The number of carbonyl (C=O) groups excluding carboxylic acids is 1. The van der Waals surface area contributed by atoms with E-state index in [1.165, 1.54) is 0 Å². The summed E-state index contributed by atoms with van der Waals surface area (Å²) in [5.41, 5.74) is 1.75. The zero-order chi connectivity index (χ0) is 11.3. The lowest BCUT2D eigenvalue weighted by atomic mass is 10.1. The molecule has 80 valence electrons. The highest BCUT2D eigenvalue weighted by atomic mass is 79.9. The molecule has 0 bridgehead atoms. The number of hydrogen-bond donors (Lipinski definition) is 2. The summed E-state index contributed by atoms with van der Waals surface area (Å²) < 4.78 is 0.966. The van der Waals surface area contributed by atoms with Gasteiger partial charge in [-0.25, -0.2) is 0 Å². The average Bonchev–Trinajstić information content (AvgIpc) is 2.21. The van der Waals surface area contributed by atoms with Gasteiger partial charge in [-0.15, -0.1) is 0 Å². The largest absolute Gasteiger partial charge is 0.411 e. The normalized spacial score (nSPS) is 10.5. The number of benzene rings is 1. The van der Waals surface area contributed by atoms with Crippen molar-refractivity contribution in [3.05, 3.63) is 28.2 Å². The first kappa shape index (κ1) is 11.7. The average molecular weight is 271 g/mol. The molecule has 0 aliphatic heterocycles. The number of aryl methyl sites for hydroxylation is 1. The van der Waals surface area contributed by atoms with Crippen molar-refractivity contribution < 1.29 is 10.0 Å². The van der Waals surface area contributed by atoms with Crippen LogP contribution in [0.1, 0.15) is 12.5 Å². The molecular weight excluding hydrogens is 260 g/mol. The third kappa shape index (κ3) is 3.36. The van der Waals surface area contributed by atoms with Crippen LogP contribution in [0, 0.1) is 0 Å². The van der Waals surface area contributed by atoms with Gasteiger partial charge in [-0.2, -0.15) is 0 Å². The lowest BCUT2D eigenvalue weighted by molar-refractivity contribution is -0.110. The van der Waals surface area contributed by atoms with Crippen LogP contribution in [0.15, 0.2) is 27.8 Å². The Hall–Kier alpha value is -1.36. The molecule has 0 saturated heterocycles. The number of anilines is 1. The molecule has 5 heteroatoms. The van der Waals surface area contributed by atoms with E-state index in [-0.39, 0.29) is 0 Å². The number of halogens is 1. The molecule has 0 aromatic heterocycles. The molecular formula is C10H11BrN2O2. The van der Waals surface area contributed by atoms with Crippen LogP contribution in [0.3, 0.4) is 0 Å². The van der Waals surface area contributed by atoms with Gasteiger partial charge in [0.2, 0.25) is 0 Å². The Morgan fingerprint density at radius 1 is 1.67 bits per heavy atom. The number of amides is 1. The van der Waals surface area contributed by atoms with E-state index in [0.717, 1.165) is 28.4 Å². The molecule has 0 heterocycles. The van der Waals surface area contributed by atoms with Gasteiger partial charge in [0.25, 0.3) is 5.91 Å². The summed E-state index contributed by atoms with van der Waals surface area (Å²) in [6, 6.07) is 5.57. The first-order chi connectivity index (χ1) is 7.17. The van der Waals surface area contributed by atoms with Gasteiger partial charge >= 0.3 is 0 Å². The second-order valence-corrected chi connectivity index (χ2v) is 3.80. The highest BCUT2D eigenvalue weighted by Gasteiger charge is 2.04. The quantitative estimate of drug-likeness (QED) is 0.503. The van der Waals surface area contributed by atoms with E-state index < -0.39 is 5.91 Å².